The molecule has 11 nitrogen and oxygen atoms in total. The van der Waals surface area contributed by atoms with Gasteiger partial charge in [0.1, 0.15) is 17.3 Å². The van der Waals surface area contributed by atoms with Gasteiger partial charge in [0.25, 0.3) is 5.91 Å². The first-order chi connectivity index (χ1) is 15.6. The molecule has 2 aromatic carbocycles. The Labute approximate surface area is 180 Å². The monoisotopic (exact) mass is 436 g/mol. The number of nitrogen functional groups attached to an aromatic ring is 1. The molecule has 0 atom stereocenters. The lowest BCUT2D eigenvalue weighted by atomic mass is 10.1. The third-order valence-electron chi connectivity index (χ3n) is 4.25. The normalized spacial score (nSPS) is 11.1. The molecule has 4 aromatic rings. The second-order valence-electron chi connectivity index (χ2n) is 6.38. The van der Waals surface area contributed by atoms with Crippen molar-refractivity contribution in [3.63, 3.8) is 0 Å². The molecule has 0 aliphatic carbocycles. The van der Waals surface area contributed by atoms with Crippen LogP contribution in [-0.4, -0.2) is 44.0 Å². The number of hydrogen-bond acceptors (Lipinski definition) is 9. The minimum atomic E-state index is -0.650. The number of amides is 1. The van der Waals surface area contributed by atoms with Crippen LogP contribution in [0.3, 0.4) is 0 Å². The van der Waals surface area contributed by atoms with Gasteiger partial charge in [-0.15, -0.1) is 5.10 Å². The number of nitrogens with zero attached hydrogens (tertiary/aromatic N) is 6. The largest absolute Gasteiger partial charge is 0.494 e. The molecule has 0 aliphatic heterocycles. The van der Waals surface area contributed by atoms with Crippen LogP contribution < -0.4 is 15.9 Å². The van der Waals surface area contributed by atoms with Crippen molar-refractivity contribution in [1.82, 2.24) is 30.7 Å². The Morgan fingerprint density at radius 2 is 2.09 bits per heavy atom. The number of hydrogen-bond donors (Lipinski definition) is 2. The first kappa shape index (κ1) is 20.7. The van der Waals surface area contributed by atoms with Crippen LogP contribution in [0.25, 0.3) is 17.1 Å². The minimum Gasteiger partial charge on any atom is -0.494 e. The number of benzene rings is 2. The van der Waals surface area contributed by atoms with E-state index in [1.54, 1.807) is 30.3 Å². The van der Waals surface area contributed by atoms with Crippen LogP contribution in [0.5, 0.6) is 5.75 Å². The van der Waals surface area contributed by atoms with Gasteiger partial charge in [0, 0.05) is 5.56 Å². The molecular formula is C20H17FN8O3. The summed E-state index contributed by atoms with van der Waals surface area (Å²) in [5.74, 6) is -0.368. The summed E-state index contributed by atoms with van der Waals surface area (Å²) in [4.78, 5) is 12.8. The zero-order valence-corrected chi connectivity index (χ0v) is 16.8. The highest BCUT2D eigenvalue weighted by Gasteiger charge is 2.25. The maximum atomic E-state index is 13.3. The van der Waals surface area contributed by atoms with E-state index in [9.17, 15) is 9.18 Å². The van der Waals surface area contributed by atoms with Crippen molar-refractivity contribution in [1.29, 1.82) is 0 Å². The van der Waals surface area contributed by atoms with Crippen LogP contribution in [-0.2, 0) is 0 Å². The first-order valence-corrected chi connectivity index (χ1v) is 9.43. The predicted octanol–water partition coefficient (Wildman–Crippen LogP) is 2.20. The lowest BCUT2D eigenvalue weighted by molar-refractivity contribution is 0.0950. The maximum absolute atomic E-state index is 13.3. The molecule has 0 bridgehead atoms. The van der Waals surface area contributed by atoms with Gasteiger partial charge < -0.3 is 10.5 Å². The molecule has 0 saturated heterocycles. The molecule has 0 saturated carbocycles. The van der Waals surface area contributed by atoms with Gasteiger partial charge in [-0.2, -0.15) is 9.78 Å². The molecule has 12 heteroatoms. The van der Waals surface area contributed by atoms with E-state index in [2.05, 4.69) is 35.8 Å². The molecule has 162 valence electrons. The Bertz CT molecular complexity index is 1270. The summed E-state index contributed by atoms with van der Waals surface area (Å²) >= 11 is 0. The summed E-state index contributed by atoms with van der Waals surface area (Å²) in [6.45, 7) is 2.39. The molecule has 2 heterocycles. The Morgan fingerprint density at radius 1 is 1.28 bits per heavy atom. The van der Waals surface area contributed by atoms with Crippen LogP contribution in [0.4, 0.5) is 10.2 Å². The first-order valence-electron chi connectivity index (χ1n) is 9.43. The Balaban J connectivity index is 1.68. The number of carbonyl (C=O) groups is 1. The predicted molar refractivity (Wildman–Crippen MR) is 112 cm³/mol. The summed E-state index contributed by atoms with van der Waals surface area (Å²) in [7, 11) is 0. The Hall–Kier alpha value is -4.61. The number of ether oxygens (including phenoxy) is 1. The SMILES string of the molecule is CCOc1ccc(-c2c(C(=O)N/N=C\c3cccc(F)c3)nnn2-c2nonc2N)cc1. The van der Waals surface area contributed by atoms with E-state index < -0.39 is 11.7 Å². The van der Waals surface area contributed by atoms with Crippen molar-refractivity contribution < 1.29 is 18.6 Å². The third kappa shape index (κ3) is 4.28. The highest BCUT2D eigenvalue weighted by molar-refractivity contribution is 5.98. The fourth-order valence-corrected chi connectivity index (χ4v) is 2.86. The lowest BCUT2D eigenvalue weighted by Crippen LogP contribution is -2.19. The standard InChI is InChI=1S/C20H17FN8O3/c1-2-31-15-8-6-13(7-9-15)17-16(24-28-29(17)19-18(22)26-32-27-19)20(30)25-23-11-12-4-3-5-14(21)10-12/h3-11H,2H2,1H3,(H2,22,26)(H,25,30)/b23-11-. The maximum Gasteiger partial charge on any atom is 0.294 e. The summed E-state index contributed by atoms with van der Waals surface area (Å²) in [5, 5.41) is 19.1. The average Bonchev–Trinajstić information content (AvgIpc) is 3.40. The molecule has 1 amide bonds. The fraction of sp³-hybridized carbons (Fsp3) is 0.100. The summed E-state index contributed by atoms with van der Waals surface area (Å²) in [6, 6.07) is 12.7. The van der Waals surface area contributed by atoms with Crippen molar-refractivity contribution in [2.75, 3.05) is 12.3 Å². The Kier molecular flexibility index (Phi) is 5.83. The van der Waals surface area contributed by atoms with Crippen molar-refractivity contribution in [3.05, 3.63) is 65.6 Å². The van der Waals surface area contributed by atoms with Crippen LogP contribution in [0, 0.1) is 5.82 Å². The number of nitrogens with two attached hydrogens (primary N) is 1. The minimum absolute atomic E-state index is 0.0295. The van der Waals surface area contributed by atoms with E-state index in [1.807, 2.05) is 6.92 Å². The molecule has 0 spiro atoms. The lowest BCUT2D eigenvalue weighted by Gasteiger charge is -2.07. The van der Waals surface area contributed by atoms with Crippen LogP contribution in [0.2, 0.25) is 0 Å². The topological polar surface area (TPSA) is 146 Å². The number of nitrogens with one attached hydrogen (secondary N) is 1. The van der Waals surface area contributed by atoms with Gasteiger partial charge in [0.05, 0.1) is 12.8 Å². The zero-order chi connectivity index (χ0) is 22.5. The molecule has 0 fully saturated rings. The van der Waals surface area contributed by atoms with E-state index in [4.69, 9.17) is 10.5 Å². The van der Waals surface area contributed by atoms with Crippen molar-refractivity contribution in [2.24, 2.45) is 5.10 Å². The van der Waals surface area contributed by atoms with E-state index in [0.717, 1.165) is 0 Å². The smallest absolute Gasteiger partial charge is 0.294 e. The number of rotatable bonds is 7. The molecule has 3 N–H and O–H groups in total. The molecule has 0 unspecified atom stereocenters. The highest BCUT2D eigenvalue weighted by Crippen LogP contribution is 2.28. The van der Waals surface area contributed by atoms with Crippen LogP contribution in [0.15, 0.2) is 58.3 Å². The molecule has 32 heavy (non-hydrogen) atoms. The van der Waals surface area contributed by atoms with Gasteiger partial charge in [-0.25, -0.2) is 14.4 Å². The number of halogens is 1. The van der Waals surface area contributed by atoms with Gasteiger partial charge in [-0.3, -0.25) is 4.79 Å². The van der Waals surface area contributed by atoms with Gasteiger partial charge in [0.2, 0.25) is 11.6 Å². The summed E-state index contributed by atoms with van der Waals surface area (Å²) in [5.41, 5.74) is 9.45. The second-order valence-corrected chi connectivity index (χ2v) is 6.38. The van der Waals surface area contributed by atoms with Crippen LogP contribution in [0.1, 0.15) is 23.0 Å². The molecule has 0 radical (unpaired) electrons. The van der Waals surface area contributed by atoms with E-state index >= 15 is 0 Å². The Morgan fingerprint density at radius 3 is 2.78 bits per heavy atom. The zero-order valence-electron chi connectivity index (χ0n) is 16.8. The number of anilines is 1. The average molecular weight is 436 g/mol. The highest BCUT2D eigenvalue weighted by atomic mass is 19.1. The van der Waals surface area contributed by atoms with Gasteiger partial charge in [-0.05, 0) is 59.2 Å². The second kappa shape index (κ2) is 9.04. The van der Waals surface area contributed by atoms with E-state index in [0.29, 0.717) is 23.5 Å². The molecular weight excluding hydrogens is 419 g/mol. The third-order valence-corrected chi connectivity index (χ3v) is 4.25. The van der Waals surface area contributed by atoms with Gasteiger partial charge in [-0.1, -0.05) is 17.3 Å². The van der Waals surface area contributed by atoms with E-state index in [-0.39, 0.29) is 23.0 Å². The van der Waals surface area contributed by atoms with Crippen molar-refractivity contribution >= 4 is 17.9 Å². The molecule has 2 aromatic heterocycles. The van der Waals surface area contributed by atoms with Gasteiger partial charge >= 0.3 is 0 Å². The summed E-state index contributed by atoms with van der Waals surface area (Å²) < 4.78 is 24.6. The van der Waals surface area contributed by atoms with Gasteiger partial charge in [0.15, 0.2) is 5.69 Å². The quantitative estimate of drug-likeness (QED) is 0.331. The van der Waals surface area contributed by atoms with Crippen molar-refractivity contribution in [2.45, 2.75) is 6.92 Å². The molecule has 0 aliphatic rings. The fourth-order valence-electron chi connectivity index (χ4n) is 2.86. The number of aromatic nitrogens is 5. The summed E-state index contributed by atoms with van der Waals surface area (Å²) in [6.07, 6.45) is 1.31. The molecule has 4 rings (SSSR count). The van der Waals surface area contributed by atoms with E-state index in [1.165, 1.54) is 29.1 Å². The number of carbonyl (C=O) groups excluding carboxylic acids is 1. The van der Waals surface area contributed by atoms with Crippen molar-refractivity contribution in [3.8, 4) is 22.8 Å². The van der Waals surface area contributed by atoms with Crippen LogP contribution >= 0.6 is 0 Å². The number of hydrazone groups is 1.